The Kier molecular flexibility index (Phi) is 5.67. The molecule has 3 rings (SSSR count). The lowest BCUT2D eigenvalue weighted by atomic mass is 10.0. The molecular formula is C15H21N3O2S. The van der Waals surface area contributed by atoms with E-state index in [-0.39, 0.29) is 6.10 Å². The van der Waals surface area contributed by atoms with E-state index >= 15 is 0 Å². The fraction of sp³-hybridized carbons (Fsp3) is 0.467. The lowest BCUT2D eigenvalue weighted by Crippen LogP contribution is -2.40. The third-order valence-electron chi connectivity index (χ3n) is 3.36. The monoisotopic (exact) mass is 307 g/mol. The van der Waals surface area contributed by atoms with Crippen molar-refractivity contribution in [3.8, 4) is 5.88 Å². The second-order valence-corrected chi connectivity index (χ2v) is 5.99. The van der Waals surface area contributed by atoms with Gasteiger partial charge in [0.05, 0.1) is 4.88 Å². The average molecular weight is 307 g/mol. The van der Waals surface area contributed by atoms with Crippen molar-refractivity contribution in [2.45, 2.75) is 31.9 Å². The number of carbonyl (C=O) groups excluding carboxylic acids is 1. The van der Waals surface area contributed by atoms with Crippen LogP contribution in [0.1, 0.15) is 29.4 Å². The van der Waals surface area contributed by atoms with Gasteiger partial charge in [0.1, 0.15) is 10.9 Å². The maximum Gasteiger partial charge on any atom is 0.214 e. The number of piperidine rings is 1. The van der Waals surface area contributed by atoms with Gasteiger partial charge in [0.25, 0.3) is 0 Å². The molecule has 2 atom stereocenters. The number of pyridine rings is 1. The van der Waals surface area contributed by atoms with Crippen LogP contribution >= 0.6 is 11.3 Å². The van der Waals surface area contributed by atoms with E-state index in [2.05, 4.69) is 23.0 Å². The number of nitrogens with one attached hydrogen (secondary N) is 1. The first kappa shape index (κ1) is 15.9. The number of fused-ring (bicyclic) bond motifs is 1. The molecule has 114 valence electrons. The van der Waals surface area contributed by atoms with Crippen LogP contribution in [0.25, 0.3) is 10.2 Å². The maximum atomic E-state index is 10.8. The second-order valence-electron chi connectivity index (χ2n) is 4.93. The van der Waals surface area contributed by atoms with Crippen molar-refractivity contribution in [2.24, 2.45) is 5.73 Å². The predicted octanol–water partition coefficient (Wildman–Crippen LogP) is 2.20. The topological polar surface area (TPSA) is 77.2 Å². The highest BCUT2D eigenvalue weighted by Gasteiger charge is 2.20. The number of rotatable bonds is 3. The van der Waals surface area contributed by atoms with E-state index in [1.807, 2.05) is 18.2 Å². The van der Waals surface area contributed by atoms with Crippen molar-refractivity contribution in [3.63, 3.8) is 0 Å². The Bertz CT molecular complexity index is 600. The van der Waals surface area contributed by atoms with Crippen LogP contribution in [0.5, 0.6) is 5.88 Å². The van der Waals surface area contributed by atoms with Crippen LogP contribution in [-0.4, -0.2) is 37.0 Å². The minimum absolute atomic E-state index is 0.228. The van der Waals surface area contributed by atoms with Crippen LogP contribution in [0.15, 0.2) is 18.2 Å². The highest BCUT2D eigenvalue weighted by Crippen LogP contribution is 2.26. The Balaban J connectivity index is 0.000000774. The fourth-order valence-corrected chi connectivity index (χ4v) is 3.25. The normalized spacial score (nSPS) is 21.5. The van der Waals surface area contributed by atoms with Crippen LogP contribution in [0.2, 0.25) is 0 Å². The summed E-state index contributed by atoms with van der Waals surface area (Å²) >= 11 is 1.40. The summed E-state index contributed by atoms with van der Waals surface area (Å²) in [6, 6.07) is 6.20. The molecule has 1 aliphatic heterocycles. The standard InChI is InChI=1S/C14H16N2O2S.CH5N/c1-9-6-11(4-5-15-9)18-13-3-2-10-7-12(8-17)19-14(10)16-13;1-2/h2-3,7-9,11,15H,4-6H2,1H3;2H2,1H3. The van der Waals surface area contributed by atoms with Crippen LogP contribution in [-0.2, 0) is 0 Å². The van der Waals surface area contributed by atoms with Gasteiger partial charge < -0.3 is 15.8 Å². The molecule has 0 radical (unpaired) electrons. The molecule has 2 unspecified atom stereocenters. The van der Waals surface area contributed by atoms with E-state index in [4.69, 9.17) is 4.74 Å². The van der Waals surface area contributed by atoms with E-state index in [9.17, 15) is 4.79 Å². The summed E-state index contributed by atoms with van der Waals surface area (Å²) < 4.78 is 5.94. The van der Waals surface area contributed by atoms with E-state index in [0.717, 1.165) is 35.9 Å². The molecule has 5 nitrogen and oxygen atoms in total. The number of hydrogen-bond donors (Lipinski definition) is 2. The molecule has 2 aromatic rings. The van der Waals surface area contributed by atoms with Crippen LogP contribution in [0.3, 0.4) is 0 Å². The van der Waals surface area contributed by atoms with Crippen molar-refractivity contribution < 1.29 is 9.53 Å². The van der Waals surface area contributed by atoms with Crippen LogP contribution in [0.4, 0.5) is 0 Å². The van der Waals surface area contributed by atoms with Gasteiger partial charge in [-0.2, -0.15) is 0 Å². The molecule has 3 heterocycles. The lowest BCUT2D eigenvalue weighted by Gasteiger charge is -2.28. The van der Waals surface area contributed by atoms with E-state index in [0.29, 0.717) is 16.8 Å². The Morgan fingerprint density at radius 3 is 3.00 bits per heavy atom. The minimum Gasteiger partial charge on any atom is -0.474 e. The van der Waals surface area contributed by atoms with E-state index in [1.54, 1.807) is 0 Å². The molecule has 6 heteroatoms. The molecule has 2 aromatic heterocycles. The van der Waals surface area contributed by atoms with Gasteiger partial charge in [-0.25, -0.2) is 4.98 Å². The summed E-state index contributed by atoms with van der Waals surface area (Å²) in [6.07, 6.45) is 3.10. The summed E-state index contributed by atoms with van der Waals surface area (Å²) in [4.78, 5) is 16.8. The molecule has 0 spiro atoms. The Morgan fingerprint density at radius 2 is 2.29 bits per heavy atom. The lowest BCUT2D eigenvalue weighted by molar-refractivity contribution is 0.112. The van der Waals surface area contributed by atoms with Gasteiger partial charge in [-0.05, 0) is 45.5 Å². The molecule has 21 heavy (non-hydrogen) atoms. The number of carbonyl (C=O) groups is 1. The first-order chi connectivity index (χ1) is 10.2. The minimum atomic E-state index is 0.228. The summed E-state index contributed by atoms with van der Waals surface area (Å²) in [6.45, 7) is 3.16. The Labute approximate surface area is 128 Å². The van der Waals surface area contributed by atoms with Gasteiger partial charge >= 0.3 is 0 Å². The average Bonchev–Trinajstić information content (AvgIpc) is 2.92. The number of ether oxygens (including phenoxy) is 1. The first-order valence-electron chi connectivity index (χ1n) is 7.08. The maximum absolute atomic E-state index is 10.8. The van der Waals surface area contributed by atoms with Crippen molar-refractivity contribution in [3.05, 3.63) is 23.1 Å². The fourth-order valence-electron chi connectivity index (χ4n) is 2.41. The molecule has 0 aliphatic carbocycles. The second kappa shape index (κ2) is 7.49. The predicted molar refractivity (Wildman–Crippen MR) is 86.2 cm³/mol. The number of hydrogen-bond acceptors (Lipinski definition) is 6. The van der Waals surface area contributed by atoms with Gasteiger partial charge in [-0.3, -0.25) is 4.79 Å². The molecule has 1 fully saturated rings. The molecule has 0 saturated carbocycles. The molecular weight excluding hydrogens is 286 g/mol. The summed E-state index contributed by atoms with van der Waals surface area (Å²) in [5, 5.41) is 4.40. The zero-order valence-electron chi connectivity index (χ0n) is 12.3. The van der Waals surface area contributed by atoms with Crippen molar-refractivity contribution in [1.29, 1.82) is 0 Å². The molecule has 0 bridgehead atoms. The number of aromatic nitrogens is 1. The third-order valence-corrected chi connectivity index (χ3v) is 4.33. The molecule has 1 saturated heterocycles. The number of nitrogens with two attached hydrogens (primary N) is 1. The van der Waals surface area contributed by atoms with Gasteiger partial charge in [0.2, 0.25) is 5.88 Å². The van der Waals surface area contributed by atoms with Crippen molar-refractivity contribution in [2.75, 3.05) is 13.6 Å². The summed E-state index contributed by atoms with van der Waals surface area (Å²) in [5.41, 5.74) is 4.50. The zero-order chi connectivity index (χ0) is 15.2. The smallest absolute Gasteiger partial charge is 0.214 e. The number of nitrogens with zero attached hydrogens (tertiary/aromatic N) is 1. The Hall–Kier alpha value is -1.50. The van der Waals surface area contributed by atoms with Crippen molar-refractivity contribution >= 4 is 27.8 Å². The largest absolute Gasteiger partial charge is 0.474 e. The highest BCUT2D eigenvalue weighted by molar-refractivity contribution is 7.20. The first-order valence-corrected chi connectivity index (χ1v) is 7.90. The number of thiophene rings is 1. The molecule has 1 aliphatic rings. The zero-order valence-corrected chi connectivity index (χ0v) is 13.2. The van der Waals surface area contributed by atoms with Crippen molar-refractivity contribution in [1.82, 2.24) is 10.3 Å². The Morgan fingerprint density at radius 1 is 1.48 bits per heavy atom. The summed E-state index contributed by atoms with van der Waals surface area (Å²) in [5.74, 6) is 0.658. The van der Waals surface area contributed by atoms with Gasteiger partial charge in [-0.15, -0.1) is 11.3 Å². The highest BCUT2D eigenvalue weighted by atomic mass is 32.1. The van der Waals surface area contributed by atoms with E-state index < -0.39 is 0 Å². The van der Waals surface area contributed by atoms with Crippen LogP contribution in [0, 0.1) is 0 Å². The SMILES string of the molecule is CC1CC(Oc2ccc3cc(C=O)sc3n2)CCN1.CN. The van der Waals surface area contributed by atoms with Gasteiger partial charge in [-0.1, -0.05) is 0 Å². The summed E-state index contributed by atoms with van der Waals surface area (Å²) in [7, 11) is 1.50. The van der Waals surface area contributed by atoms with Gasteiger partial charge in [0.15, 0.2) is 6.29 Å². The van der Waals surface area contributed by atoms with Gasteiger partial charge in [0, 0.05) is 17.5 Å². The van der Waals surface area contributed by atoms with Crippen LogP contribution < -0.4 is 15.8 Å². The van der Waals surface area contributed by atoms with E-state index in [1.165, 1.54) is 18.4 Å². The third kappa shape index (κ3) is 4.00. The molecule has 0 aromatic carbocycles. The number of aldehydes is 1. The molecule has 0 amide bonds. The quantitative estimate of drug-likeness (QED) is 0.850. The molecule has 3 N–H and O–H groups in total.